The average molecular weight is 180 g/mol. The highest BCUT2D eigenvalue weighted by atomic mass is 15.1. The molecule has 1 heterocycles. The monoisotopic (exact) mass is 180 g/mol. The van der Waals surface area contributed by atoms with E-state index in [1.54, 1.807) is 0 Å². The lowest BCUT2D eigenvalue weighted by atomic mass is 10.2. The van der Waals surface area contributed by atoms with Crippen LogP contribution in [0.1, 0.15) is 23.9 Å². The molecular weight excluding hydrogens is 160 g/mol. The number of hydrogen-bond acceptors (Lipinski definition) is 1. The third-order valence-corrected chi connectivity index (χ3v) is 2.48. The minimum atomic E-state index is 1.04. The van der Waals surface area contributed by atoms with Gasteiger partial charge in [0, 0.05) is 24.5 Å². The first-order chi connectivity index (χ1) is 6.06. The molecule has 0 bridgehead atoms. The van der Waals surface area contributed by atoms with Crippen molar-refractivity contribution in [3.05, 3.63) is 23.0 Å². The zero-order valence-electron chi connectivity index (χ0n) is 9.39. The van der Waals surface area contributed by atoms with Crippen LogP contribution in [0.25, 0.3) is 0 Å². The lowest BCUT2D eigenvalue weighted by molar-refractivity contribution is 0.401. The second-order valence-electron chi connectivity index (χ2n) is 3.88. The summed E-state index contributed by atoms with van der Waals surface area (Å²) < 4.78 is 2.36. The molecule has 0 spiro atoms. The SMILES string of the molecule is CCn1c(C)cc(CN(C)C)c1C. The third-order valence-electron chi connectivity index (χ3n) is 2.48. The van der Waals surface area contributed by atoms with E-state index in [4.69, 9.17) is 0 Å². The van der Waals surface area contributed by atoms with E-state index in [1.807, 2.05) is 0 Å². The van der Waals surface area contributed by atoms with Crippen molar-refractivity contribution in [1.82, 2.24) is 9.47 Å². The predicted octanol–water partition coefficient (Wildman–Crippen LogP) is 2.19. The first-order valence-electron chi connectivity index (χ1n) is 4.86. The lowest BCUT2D eigenvalue weighted by Crippen LogP contribution is -2.11. The molecule has 0 aliphatic carbocycles. The van der Waals surface area contributed by atoms with E-state index in [9.17, 15) is 0 Å². The molecule has 2 heteroatoms. The van der Waals surface area contributed by atoms with Crippen LogP contribution in [0.3, 0.4) is 0 Å². The van der Waals surface area contributed by atoms with Crippen LogP contribution in [-0.2, 0) is 13.1 Å². The summed E-state index contributed by atoms with van der Waals surface area (Å²) in [4.78, 5) is 2.21. The highest BCUT2D eigenvalue weighted by Gasteiger charge is 2.07. The molecule has 0 saturated carbocycles. The fraction of sp³-hybridized carbons (Fsp3) is 0.636. The molecule has 2 nitrogen and oxygen atoms in total. The van der Waals surface area contributed by atoms with E-state index in [2.05, 4.69) is 50.4 Å². The molecule has 0 fully saturated rings. The standard InChI is InChI=1S/C11H20N2/c1-6-13-9(2)7-11(10(13)3)8-12(4)5/h7H,6,8H2,1-5H3. The van der Waals surface area contributed by atoms with Crippen LogP contribution >= 0.6 is 0 Å². The topological polar surface area (TPSA) is 8.17 Å². The maximum Gasteiger partial charge on any atom is 0.0245 e. The smallest absolute Gasteiger partial charge is 0.0245 e. The molecule has 1 aromatic rings. The molecule has 0 saturated heterocycles. The Labute approximate surface area is 81.2 Å². The second kappa shape index (κ2) is 3.97. The van der Waals surface area contributed by atoms with E-state index in [1.165, 1.54) is 17.0 Å². The summed E-state index contributed by atoms with van der Waals surface area (Å²) in [5, 5.41) is 0. The minimum absolute atomic E-state index is 1.04. The Kier molecular flexibility index (Phi) is 3.15. The molecule has 0 aliphatic heterocycles. The van der Waals surface area contributed by atoms with Crippen LogP contribution < -0.4 is 0 Å². The van der Waals surface area contributed by atoms with Gasteiger partial charge in [0.05, 0.1) is 0 Å². The number of rotatable bonds is 3. The van der Waals surface area contributed by atoms with Gasteiger partial charge in [-0.3, -0.25) is 0 Å². The fourth-order valence-electron chi connectivity index (χ4n) is 1.86. The molecule has 74 valence electrons. The lowest BCUT2D eigenvalue weighted by Gasteiger charge is -2.10. The Balaban J connectivity index is 2.96. The van der Waals surface area contributed by atoms with Crippen molar-refractivity contribution in [1.29, 1.82) is 0 Å². The van der Waals surface area contributed by atoms with E-state index in [-0.39, 0.29) is 0 Å². The van der Waals surface area contributed by atoms with Gasteiger partial charge >= 0.3 is 0 Å². The molecule has 0 N–H and O–H groups in total. The first-order valence-corrected chi connectivity index (χ1v) is 4.86. The number of nitrogens with zero attached hydrogens (tertiary/aromatic N) is 2. The highest BCUT2D eigenvalue weighted by Crippen LogP contribution is 2.15. The molecule has 0 atom stereocenters. The largest absolute Gasteiger partial charge is 0.349 e. The molecule has 0 unspecified atom stereocenters. The summed E-state index contributed by atoms with van der Waals surface area (Å²) >= 11 is 0. The van der Waals surface area contributed by atoms with Gasteiger partial charge in [-0.15, -0.1) is 0 Å². The molecular formula is C11H20N2. The third kappa shape index (κ3) is 2.13. The normalized spacial score (nSPS) is 11.2. The number of hydrogen-bond donors (Lipinski definition) is 0. The molecule has 13 heavy (non-hydrogen) atoms. The fourth-order valence-corrected chi connectivity index (χ4v) is 1.86. The summed E-state index contributed by atoms with van der Waals surface area (Å²) in [5.41, 5.74) is 4.23. The summed E-state index contributed by atoms with van der Waals surface area (Å²) in [7, 11) is 4.22. The van der Waals surface area contributed by atoms with Crippen molar-refractivity contribution in [2.45, 2.75) is 33.9 Å². The summed E-state index contributed by atoms with van der Waals surface area (Å²) in [6.45, 7) is 8.69. The zero-order valence-corrected chi connectivity index (χ0v) is 9.39. The highest BCUT2D eigenvalue weighted by molar-refractivity contribution is 5.26. The van der Waals surface area contributed by atoms with Gasteiger partial charge in [-0.25, -0.2) is 0 Å². The van der Waals surface area contributed by atoms with Gasteiger partial charge in [0.15, 0.2) is 0 Å². The van der Waals surface area contributed by atoms with E-state index in [0.717, 1.165) is 13.1 Å². The zero-order chi connectivity index (χ0) is 10.0. The maximum absolute atomic E-state index is 2.36. The summed E-state index contributed by atoms with van der Waals surface area (Å²) in [6.07, 6.45) is 0. The van der Waals surface area contributed by atoms with Gasteiger partial charge in [0.2, 0.25) is 0 Å². The van der Waals surface area contributed by atoms with Crippen LogP contribution in [0.15, 0.2) is 6.07 Å². The van der Waals surface area contributed by atoms with Gasteiger partial charge < -0.3 is 9.47 Å². The van der Waals surface area contributed by atoms with E-state index < -0.39 is 0 Å². The van der Waals surface area contributed by atoms with Gasteiger partial charge in [-0.1, -0.05) is 0 Å². The van der Waals surface area contributed by atoms with Crippen LogP contribution in [0.5, 0.6) is 0 Å². The van der Waals surface area contributed by atoms with Gasteiger partial charge in [0.1, 0.15) is 0 Å². The molecule has 0 amide bonds. The van der Waals surface area contributed by atoms with Crippen molar-refractivity contribution < 1.29 is 0 Å². The number of aromatic nitrogens is 1. The molecule has 1 rings (SSSR count). The van der Waals surface area contributed by atoms with Crippen LogP contribution in [0.2, 0.25) is 0 Å². The quantitative estimate of drug-likeness (QED) is 0.692. The van der Waals surface area contributed by atoms with Gasteiger partial charge in [0.25, 0.3) is 0 Å². The maximum atomic E-state index is 2.36. The van der Waals surface area contributed by atoms with Gasteiger partial charge in [-0.05, 0) is 46.5 Å². The van der Waals surface area contributed by atoms with E-state index >= 15 is 0 Å². The number of aryl methyl sites for hydroxylation is 1. The van der Waals surface area contributed by atoms with Crippen molar-refractivity contribution >= 4 is 0 Å². The molecule has 0 aliphatic rings. The van der Waals surface area contributed by atoms with Crippen molar-refractivity contribution in [2.24, 2.45) is 0 Å². The van der Waals surface area contributed by atoms with E-state index in [0.29, 0.717) is 0 Å². The van der Waals surface area contributed by atoms with Crippen molar-refractivity contribution in [2.75, 3.05) is 14.1 Å². The molecule has 0 aromatic carbocycles. The summed E-state index contributed by atoms with van der Waals surface area (Å²) in [5.74, 6) is 0. The van der Waals surface area contributed by atoms with Gasteiger partial charge in [-0.2, -0.15) is 0 Å². The second-order valence-corrected chi connectivity index (χ2v) is 3.88. The first kappa shape index (κ1) is 10.3. The predicted molar refractivity (Wildman–Crippen MR) is 57.0 cm³/mol. The van der Waals surface area contributed by atoms with Crippen LogP contribution in [0.4, 0.5) is 0 Å². The Morgan fingerprint density at radius 2 is 1.92 bits per heavy atom. The Hall–Kier alpha value is -0.760. The van der Waals surface area contributed by atoms with Crippen molar-refractivity contribution in [3.63, 3.8) is 0 Å². The summed E-state index contributed by atoms with van der Waals surface area (Å²) in [6, 6.07) is 2.29. The van der Waals surface area contributed by atoms with Crippen molar-refractivity contribution in [3.8, 4) is 0 Å². The Morgan fingerprint density at radius 3 is 2.31 bits per heavy atom. The molecule has 1 aromatic heterocycles. The Morgan fingerprint density at radius 1 is 1.31 bits per heavy atom. The van der Waals surface area contributed by atoms with Crippen LogP contribution in [0, 0.1) is 13.8 Å². The molecule has 0 radical (unpaired) electrons. The average Bonchev–Trinajstić information content (AvgIpc) is 2.26. The van der Waals surface area contributed by atoms with Crippen LogP contribution in [-0.4, -0.2) is 23.6 Å². The minimum Gasteiger partial charge on any atom is -0.349 e. The Bertz CT molecular complexity index is 285.